The van der Waals surface area contributed by atoms with E-state index in [1.807, 2.05) is 6.20 Å². The molecule has 2 atom stereocenters. The molecule has 0 aliphatic heterocycles. The molecule has 0 saturated heterocycles. The molecular weight excluding hydrogens is 234 g/mol. The highest BCUT2D eigenvalue weighted by atomic mass is 15.1. The van der Waals surface area contributed by atoms with Crippen LogP contribution in [0.4, 0.5) is 0 Å². The molecule has 0 spiro atoms. The molecule has 0 fully saturated rings. The van der Waals surface area contributed by atoms with Crippen LogP contribution < -0.4 is 5.32 Å². The number of nitrogens with zero attached hydrogens (tertiary/aromatic N) is 2. The van der Waals surface area contributed by atoms with Gasteiger partial charge in [-0.3, -0.25) is 0 Å². The first kappa shape index (κ1) is 12.3. The quantitative estimate of drug-likeness (QED) is 0.890. The molecule has 1 heterocycles. The summed E-state index contributed by atoms with van der Waals surface area (Å²) in [7, 11) is 0. The van der Waals surface area contributed by atoms with E-state index in [0.29, 0.717) is 12.0 Å². The Labute approximate surface area is 114 Å². The Morgan fingerprint density at radius 2 is 2.16 bits per heavy atom. The van der Waals surface area contributed by atoms with Crippen LogP contribution in [-0.2, 0) is 6.42 Å². The van der Waals surface area contributed by atoms with Crippen molar-refractivity contribution in [2.45, 2.75) is 31.7 Å². The third kappa shape index (κ3) is 2.51. The summed E-state index contributed by atoms with van der Waals surface area (Å²) in [6.45, 7) is 3.12. The van der Waals surface area contributed by atoms with E-state index in [-0.39, 0.29) is 0 Å². The Morgan fingerprint density at radius 1 is 1.26 bits per heavy atom. The van der Waals surface area contributed by atoms with Gasteiger partial charge >= 0.3 is 0 Å². The van der Waals surface area contributed by atoms with Crippen molar-refractivity contribution in [2.75, 3.05) is 6.54 Å². The first-order chi connectivity index (χ1) is 9.38. The lowest BCUT2D eigenvalue weighted by Gasteiger charge is -2.33. The molecule has 1 aliphatic carbocycles. The van der Waals surface area contributed by atoms with Gasteiger partial charge in [-0.2, -0.15) is 10.2 Å². The minimum atomic E-state index is 0.374. The van der Waals surface area contributed by atoms with Crippen LogP contribution in [0.2, 0.25) is 0 Å². The maximum atomic E-state index is 3.99. The number of aromatic nitrogens is 2. The van der Waals surface area contributed by atoms with E-state index >= 15 is 0 Å². The summed E-state index contributed by atoms with van der Waals surface area (Å²) in [5.41, 5.74) is 4.27. The van der Waals surface area contributed by atoms with Crippen molar-refractivity contribution in [3.63, 3.8) is 0 Å². The largest absolute Gasteiger partial charge is 0.310 e. The lowest BCUT2D eigenvalue weighted by Crippen LogP contribution is -2.27. The predicted molar refractivity (Wildman–Crippen MR) is 76.0 cm³/mol. The summed E-state index contributed by atoms with van der Waals surface area (Å²) in [6, 6.07) is 11.2. The molecule has 3 nitrogen and oxygen atoms in total. The van der Waals surface area contributed by atoms with Crippen molar-refractivity contribution in [3.8, 4) is 0 Å². The number of fused-ring (bicyclic) bond motifs is 1. The molecular formula is C16H19N3. The molecule has 3 heteroatoms. The standard InChI is InChI=1S/C16H19N3/c1-2-17-16(13-7-8-18-19-11-13)10-14-9-12-5-3-4-6-15(12)14/h3-8,11,14,16-17H,2,9-10H2,1H3. The Morgan fingerprint density at radius 3 is 2.89 bits per heavy atom. The second-order valence-corrected chi connectivity index (χ2v) is 5.12. The summed E-state index contributed by atoms with van der Waals surface area (Å²) in [5, 5.41) is 11.4. The highest BCUT2D eigenvalue weighted by Crippen LogP contribution is 2.40. The second kappa shape index (κ2) is 5.49. The van der Waals surface area contributed by atoms with Crippen LogP contribution in [0.3, 0.4) is 0 Å². The van der Waals surface area contributed by atoms with Crippen molar-refractivity contribution >= 4 is 0 Å². The molecule has 0 radical (unpaired) electrons. The van der Waals surface area contributed by atoms with Crippen molar-refractivity contribution in [2.24, 2.45) is 0 Å². The maximum Gasteiger partial charge on any atom is 0.0544 e. The molecule has 2 aromatic rings. The summed E-state index contributed by atoms with van der Waals surface area (Å²) in [5.74, 6) is 0.674. The zero-order valence-electron chi connectivity index (χ0n) is 11.2. The van der Waals surface area contributed by atoms with Gasteiger partial charge in [0.15, 0.2) is 0 Å². The topological polar surface area (TPSA) is 37.8 Å². The molecule has 1 aromatic carbocycles. The molecule has 1 N–H and O–H groups in total. The molecule has 0 bridgehead atoms. The van der Waals surface area contributed by atoms with E-state index in [0.717, 1.165) is 13.0 Å². The number of hydrogen-bond acceptors (Lipinski definition) is 3. The summed E-state index contributed by atoms with van der Waals surface area (Å²) >= 11 is 0. The summed E-state index contributed by atoms with van der Waals surface area (Å²) in [4.78, 5) is 0. The fourth-order valence-electron chi connectivity index (χ4n) is 2.95. The number of benzene rings is 1. The molecule has 1 aromatic heterocycles. The van der Waals surface area contributed by atoms with E-state index < -0.39 is 0 Å². The first-order valence-electron chi connectivity index (χ1n) is 6.96. The normalized spacial score (nSPS) is 18.5. The zero-order chi connectivity index (χ0) is 13.1. The van der Waals surface area contributed by atoms with E-state index in [2.05, 4.69) is 52.8 Å². The number of nitrogens with one attached hydrogen (secondary N) is 1. The van der Waals surface area contributed by atoms with Gasteiger partial charge in [0.05, 0.1) is 6.20 Å². The van der Waals surface area contributed by atoms with Crippen LogP contribution >= 0.6 is 0 Å². The maximum absolute atomic E-state index is 3.99. The van der Waals surface area contributed by atoms with Gasteiger partial charge in [0.2, 0.25) is 0 Å². The fraction of sp³-hybridized carbons (Fsp3) is 0.375. The van der Waals surface area contributed by atoms with Crippen LogP contribution in [0.25, 0.3) is 0 Å². The van der Waals surface area contributed by atoms with Crippen molar-refractivity contribution in [1.82, 2.24) is 15.5 Å². The van der Waals surface area contributed by atoms with Crippen LogP contribution in [0, 0.1) is 0 Å². The molecule has 3 rings (SSSR count). The third-order valence-corrected chi connectivity index (χ3v) is 3.94. The van der Waals surface area contributed by atoms with Crippen molar-refractivity contribution in [1.29, 1.82) is 0 Å². The predicted octanol–water partition coefficient (Wildman–Crippen LogP) is 2.86. The minimum absolute atomic E-state index is 0.374. The van der Waals surface area contributed by atoms with Crippen molar-refractivity contribution < 1.29 is 0 Å². The number of hydrogen-bond donors (Lipinski definition) is 1. The van der Waals surface area contributed by atoms with Gasteiger partial charge in [-0.25, -0.2) is 0 Å². The first-order valence-corrected chi connectivity index (χ1v) is 6.96. The van der Waals surface area contributed by atoms with Gasteiger partial charge in [0.25, 0.3) is 0 Å². The Hall–Kier alpha value is -1.74. The van der Waals surface area contributed by atoms with E-state index in [4.69, 9.17) is 0 Å². The highest BCUT2D eigenvalue weighted by molar-refractivity contribution is 5.40. The highest BCUT2D eigenvalue weighted by Gasteiger charge is 2.28. The monoisotopic (exact) mass is 253 g/mol. The van der Waals surface area contributed by atoms with E-state index in [9.17, 15) is 0 Å². The number of rotatable bonds is 5. The van der Waals surface area contributed by atoms with Crippen LogP contribution in [0.15, 0.2) is 42.7 Å². The molecule has 2 unspecified atom stereocenters. The fourth-order valence-corrected chi connectivity index (χ4v) is 2.95. The van der Waals surface area contributed by atoms with E-state index in [1.165, 1.54) is 23.1 Å². The Kier molecular flexibility index (Phi) is 3.56. The van der Waals surface area contributed by atoms with Gasteiger partial charge in [-0.05, 0) is 48.1 Å². The van der Waals surface area contributed by atoms with Crippen LogP contribution in [-0.4, -0.2) is 16.7 Å². The molecule has 19 heavy (non-hydrogen) atoms. The smallest absolute Gasteiger partial charge is 0.0544 e. The minimum Gasteiger partial charge on any atom is -0.310 e. The zero-order valence-corrected chi connectivity index (χ0v) is 11.2. The van der Waals surface area contributed by atoms with Crippen LogP contribution in [0.1, 0.15) is 42.0 Å². The molecule has 0 amide bonds. The third-order valence-electron chi connectivity index (χ3n) is 3.94. The van der Waals surface area contributed by atoms with Crippen molar-refractivity contribution in [3.05, 3.63) is 59.4 Å². The lowest BCUT2D eigenvalue weighted by molar-refractivity contribution is 0.434. The molecule has 98 valence electrons. The summed E-state index contributed by atoms with van der Waals surface area (Å²) < 4.78 is 0. The van der Waals surface area contributed by atoms with Gasteiger partial charge in [-0.1, -0.05) is 31.2 Å². The SMILES string of the molecule is CCNC(CC1Cc2ccccc21)c1ccnnc1. The van der Waals surface area contributed by atoms with Crippen LogP contribution in [0.5, 0.6) is 0 Å². The molecule has 0 saturated carbocycles. The molecule has 1 aliphatic rings. The average Bonchev–Trinajstić information content (AvgIpc) is 2.44. The van der Waals surface area contributed by atoms with Gasteiger partial charge < -0.3 is 5.32 Å². The van der Waals surface area contributed by atoms with Gasteiger partial charge in [-0.15, -0.1) is 0 Å². The lowest BCUT2D eigenvalue weighted by atomic mass is 9.74. The second-order valence-electron chi connectivity index (χ2n) is 5.12. The van der Waals surface area contributed by atoms with E-state index in [1.54, 1.807) is 6.20 Å². The Balaban J connectivity index is 1.74. The van der Waals surface area contributed by atoms with Gasteiger partial charge in [0.1, 0.15) is 0 Å². The summed E-state index contributed by atoms with van der Waals surface area (Å²) in [6.07, 6.45) is 5.99. The average molecular weight is 253 g/mol. The van der Waals surface area contributed by atoms with Gasteiger partial charge in [0, 0.05) is 12.2 Å². The Bertz CT molecular complexity index is 539.